The molecule has 3 rings (SSSR count). The second-order valence-corrected chi connectivity index (χ2v) is 9.62. The van der Waals surface area contributed by atoms with Crippen LogP contribution in [-0.4, -0.2) is 54.1 Å². The fourth-order valence-corrected chi connectivity index (χ4v) is 4.18. The van der Waals surface area contributed by atoms with E-state index < -0.39 is 23.6 Å². The normalized spacial score (nSPS) is 17.3. The van der Waals surface area contributed by atoms with E-state index in [4.69, 9.17) is 4.74 Å². The monoisotopic (exact) mass is 495 g/mol. The van der Waals surface area contributed by atoms with Crippen LogP contribution in [0.2, 0.25) is 0 Å². The Hall–Kier alpha value is -3.88. The summed E-state index contributed by atoms with van der Waals surface area (Å²) in [5.41, 5.74) is 1.38. The number of nitrogens with zero attached hydrogens (tertiary/aromatic N) is 1. The van der Waals surface area contributed by atoms with E-state index in [1.807, 2.05) is 30.3 Å². The van der Waals surface area contributed by atoms with Gasteiger partial charge in [-0.3, -0.25) is 9.59 Å². The van der Waals surface area contributed by atoms with Gasteiger partial charge >= 0.3 is 18.0 Å². The summed E-state index contributed by atoms with van der Waals surface area (Å²) < 4.78 is 10.2. The molecule has 9 heteroatoms. The molecular weight excluding hydrogens is 462 g/mol. The Morgan fingerprint density at radius 2 is 1.72 bits per heavy atom. The van der Waals surface area contributed by atoms with E-state index >= 15 is 0 Å². The van der Waals surface area contributed by atoms with Crippen LogP contribution >= 0.6 is 0 Å². The minimum Gasteiger partial charge on any atom is -0.469 e. The summed E-state index contributed by atoms with van der Waals surface area (Å²) in [4.78, 5) is 51.7. The summed E-state index contributed by atoms with van der Waals surface area (Å²) in [5.74, 6) is -1.23. The third-order valence-electron chi connectivity index (χ3n) is 5.70. The molecule has 2 aromatic carbocycles. The maximum absolute atomic E-state index is 13.3. The van der Waals surface area contributed by atoms with E-state index in [1.165, 1.54) is 12.0 Å². The van der Waals surface area contributed by atoms with Gasteiger partial charge < -0.3 is 25.0 Å². The first-order valence-corrected chi connectivity index (χ1v) is 11.9. The molecule has 9 nitrogen and oxygen atoms in total. The number of hydrogen-bond donors (Lipinski definition) is 2. The van der Waals surface area contributed by atoms with Gasteiger partial charge in [0.1, 0.15) is 11.6 Å². The average molecular weight is 496 g/mol. The van der Waals surface area contributed by atoms with Crippen molar-refractivity contribution in [1.29, 1.82) is 0 Å². The molecule has 1 aliphatic heterocycles. The molecule has 0 bridgehead atoms. The fraction of sp³-hybridized carbons (Fsp3) is 0.407. The zero-order chi connectivity index (χ0) is 26.3. The lowest BCUT2D eigenvalue weighted by molar-refractivity contribution is -0.164. The second-order valence-electron chi connectivity index (χ2n) is 9.62. The van der Waals surface area contributed by atoms with Crippen LogP contribution in [0.25, 0.3) is 0 Å². The minimum absolute atomic E-state index is 0.0774. The number of methoxy groups -OCH3 is 1. The molecule has 2 N–H and O–H groups in total. The van der Waals surface area contributed by atoms with E-state index in [0.29, 0.717) is 24.1 Å². The summed E-state index contributed by atoms with van der Waals surface area (Å²) in [7, 11) is 1.31. The topological polar surface area (TPSA) is 114 Å². The lowest BCUT2D eigenvalue weighted by Crippen LogP contribution is -2.48. The van der Waals surface area contributed by atoms with Gasteiger partial charge in [0.25, 0.3) is 0 Å². The molecule has 0 aromatic heterocycles. The average Bonchev–Trinajstić information content (AvgIpc) is 3.28. The van der Waals surface area contributed by atoms with Crippen molar-refractivity contribution in [2.75, 3.05) is 19.0 Å². The molecule has 0 radical (unpaired) electrons. The van der Waals surface area contributed by atoms with Gasteiger partial charge in [0, 0.05) is 5.69 Å². The van der Waals surface area contributed by atoms with Crippen molar-refractivity contribution >= 4 is 29.6 Å². The Kier molecular flexibility index (Phi) is 8.68. The highest BCUT2D eigenvalue weighted by molar-refractivity contribution is 5.93. The zero-order valence-electron chi connectivity index (χ0n) is 21.1. The number of likely N-dealkylation sites (tertiary alicyclic amines) is 1. The second kappa shape index (κ2) is 11.7. The van der Waals surface area contributed by atoms with Crippen molar-refractivity contribution in [2.24, 2.45) is 0 Å². The van der Waals surface area contributed by atoms with E-state index in [9.17, 15) is 19.2 Å². The SMILES string of the molecule is COC(=O)Cc1cccc(NC(=O)NCC(=O)N2C(C(=O)OC(C)(C)C)CCC2c2ccccc2)c1. The molecule has 0 aliphatic carbocycles. The van der Waals surface area contributed by atoms with Crippen molar-refractivity contribution in [3.05, 3.63) is 65.7 Å². The number of esters is 2. The number of anilines is 1. The first-order chi connectivity index (χ1) is 17.1. The van der Waals surface area contributed by atoms with Gasteiger partial charge in [-0.05, 0) is 56.9 Å². The molecule has 2 unspecified atom stereocenters. The third kappa shape index (κ3) is 7.31. The number of amides is 3. The van der Waals surface area contributed by atoms with Gasteiger partial charge in [-0.15, -0.1) is 0 Å². The summed E-state index contributed by atoms with van der Waals surface area (Å²) in [6.07, 6.45) is 1.16. The van der Waals surface area contributed by atoms with Gasteiger partial charge in [0.05, 0.1) is 26.1 Å². The molecule has 1 saturated heterocycles. The predicted octanol–water partition coefficient (Wildman–Crippen LogP) is 3.60. The highest BCUT2D eigenvalue weighted by Gasteiger charge is 2.43. The number of urea groups is 1. The van der Waals surface area contributed by atoms with E-state index in [-0.39, 0.29) is 30.9 Å². The Balaban J connectivity index is 1.68. The summed E-state index contributed by atoms with van der Waals surface area (Å²) in [6, 6.07) is 14.7. The highest BCUT2D eigenvalue weighted by atomic mass is 16.6. The van der Waals surface area contributed by atoms with Crippen LogP contribution in [0.4, 0.5) is 10.5 Å². The van der Waals surface area contributed by atoms with Crippen molar-refractivity contribution in [3.63, 3.8) is 0 Å². The number of carbonyl (C=O) groups is 4. The lowest BCUT2D eigenvalue weighted by atomic mass is 10.0. The maximum atomic E-state index is 13.3. The van der Waals surface area contributed by atoms with Crippen molar-refractivity contribution in [3.8, 4) is 0 Å². The van der Waals surface area contributed by atoms with Crippen LogP contribution in [0.1, 0.15) is 50.8 Å². The largest absolute Gasteiger partial charge is 0.469 e. The summed E-state index contributed by atoms with van der Waals surface area (Å²) in [6.45, 7) is 5.06. The van der Waals surface area contributed by atoms with Gasteiger partial charge in [0.2, 0.25) is 5.91 Å². The van der Waals surface area contributed by atoms with Crippen LogP contribution in [0, 0.1) is 0 Å². The first kappa shape index (κ1) is 26.7. The Bertz CT molecular complexity index is 1100. The van der Waals surface area contributed by atoms with Crippen molar-refractivity contribution in [2.45, 2.75) is 57.7 Å². The van der Waals surface area contributed by atoms with Gasteiger partial charge in [0.15, 0.2) is 0 Å². The molecule has 2 aromatic rings. The van der Waals surface area contributed by atoms with Gasteiger partial charge in [-0.25, -0.2) is 9.59 Å². The van der Waals surface area contributed by atoms with E-state index in [2.05, 4.69) is 15.4 Å². The minimum atomic E-state index is -0.734. The third-order valence-corrected chi connectivity index (χ3v) is 5.70. The maximum Gasteiger partial charge on any atom is 0.329 e. The van der Waals surface area contributed by atoms with Crippen molar-refractivity contribution < 1.29 is 28.7 Å². The van der Waals surface area contributed by atoms with Crippen LogP contribution in [0.3, 0.4) is 0 Å². The number of ether oxygens (including phenoxy) is 2. The smallest absolute Gasteiger partial charge is 0.329 e. The van der Waals surface area contributed by atoms with Crippen molar-refractivity contribution in [1.82, 2.24) is 10.2 Å². The molecule has 0 saturated carbocycles. The van der Waals surface area contributed by atoms with Gasteiger partial charge in [-0.1, -0.05) is 42.5 Å². The Morgan fingerprint density at radius 3 is 2.39 bits per heavy atom. The van der Waals surface area contributed by atoms with Crippen LogP contribution < -0.4 is 10.6 Å². The Labute approximate surface area is 211 Å². The highest BCUT2D eigenvalue weighted by Crippen LogP contribution is 2.37. The van der Waals surface area contributed by atoms with Crippen LogP contribution in [0.15, 0.2) is 54.6 Å². The molecule has 1 fully saturated rings. The van der Waals surface area contributed by atoms with E-state index in [0.717, 1.165) is 5.56 Å². The predicted molar refractivity (Wildman–Crippen MR) is 134 cm³/mol. The molecule has 36 heavy (non-hydrogen) atoms. The molecular formula is C27H33N3O6. The van der Waals surface area contributed by atoms with Crippen LogP contribution in [0.5, 0.6) is 0 Å². The fourth-order valence-electron chi connectivity index (χ4n) is 4.18. The number of benzene rings is 2. The standard InChI is InChI=1S/C27H33N3O6/c1-27(2,3)36-25(33)22-14-13-21(19-10-6-5-7-11-19)30(22)23(31)17-28-26(34)29-20-12-8-9-18(15-20)16-24(32)35-4/h5-12,15,21-22H,13-14,16-17H2,1-4H3,(H2,28,29,34). The molecule has 1 heterocycles. The van der Waals surface area contributed by atoms with Gasteiger partial charge in [-0.2, -0.15) is 0 Å². The number of nitrogens with one attached hydrogen (secondary N) is 2. The number of rotatable bonds is 7. The Morgan fingerprint density at radius 1 is 1.00 bits per heavy atom. The molecule has 1 aliphatic rings. The van der Waals surface area contributed by atoms with Crippen LogP contribution in [-0.2, 0) is 30.3 Å². The molecule has 192 valence electrons. The van der Waals surface area contributed by atoms with E-state index in [1.54, 1.807) is 45.0 Å². The number of carbonyl (C=O) groups excluding carboxylic acids is 4. The zero-order valence-corrected chi connectivity index (χ0v) is 21.1. The molecule has 0 spiro atoms. The first-order valence-electron chi connectivity index (χ1n) is 11.9. The quantitative estimate of drug-likeness (QED) is 0.568. The summed E-state index contributed by atoms with van der Waals surface area (Å²) in [5, 5.41) is 5.24. The number of hydrogen-bond acceptors (Lipinski definition) is 6. The molecule has 2 atom stereocenters. The molecule has 3 amide bonds. The lowest BCUT2D eigenvalue weighted by Gasteiger charge is -2.31. The summed E-state index contributed by atoms with van der Waals surface area (Å²) >= 11 is 0.